The van der Waals surface area contributed by atoms with Crippen LogP contribution in [0.1, 0.15) is 6.92 Å². The van der Waals surface area contributed by atoms with Gasteiger partial charge in [0.1, 0.15) is 9.15 Å². The van der Waals surface area contributed by atoms with E-state index in [4.69, 9.17) is 4.74 Å². The standard InChI is InChI=1S/C8H8Br2O2/c1-8(10)5-3-2-4(12-5)6(9)7(8)11/h2-6H,1H3/t4-,5+,6-,8-/m0/s1. The number of halogens is 2. The molecule has 0 aliphatic carbocycles. The van der Waals surface area contributed by atoms with Gasteiger partial charge in [-0.1, -0.05) is 44.0 Å². The molecular formula is C8H8Br2O2. The maximum atomic E-state index is 11.7. The molecule has 0 unspecified atom stereocenters. The van der Waals surface area contributed by atoms with Crippen molar-refractivity contribution in [2.75, 3.05) is 0 Å². The van der Waals surface area contributed by atoms with Crippen LogP contribution in [0.2, 0.25) is 0 Å². The lowest BCUT2D eigenvalue weighted by Gasteiger charge is -2.35. The fourth-order valence-electron chi connectivity index (χ4n) is 1.50. The second-order valence-electron chi connectivity index (χ2n) is 3.25. The lowest BCUT2D eigenvalue weighted by Crippen LogP contribution is -2.52. The predicted molar refractivity (Wildman–Crippen MR) is 52.9 cm³/mol. The third-order valence-electron chi connectivity index (χ3n) is 2.33. The monoisotopic (exact) mass is 294 g/mol. The number of carbonyl (C=O) groups is 1. The maximum absolute atomic E-state index is 11.7. The van der Waals surface area contributed by atoms with Crippen molar-refractivity contribution in [1.29, 1.82) is 0 Å². The van der Waals surface area contributed by atoms with Crippen molar-refractivity contribution in [1.82, 2.24) is 0 Å². The minimum Gasteiger partial charge on any atom is -0.363 e. The van der Waals surface area contributed by atoms with Gasteiger partial charge in [0, 0.05) is 0 Å². The van der Waals surface area contributed by atoms with Crippen LogP contribution in [0.5, 0.6) is 0 Å². The number of carbonyl (C=O) groups excluding carboxylic acids is 1. The summed E-state index contributed by atoms with van der Waals surface area (Å²) in [6.45, 7) is 1.85. The molecule has 0 N–H and O–H groups in total. The Bertz CT molecular complexity index is 260. The zero-order chi connectivity index (χ0) is 8.93. The molecule has 1 fully saturated rings. The van der Waals surface area contributed by atoms with Crippen LogP contribution in [0.3, 0.4) is 0 Å². The maximum Gasteiger partial charge on any atom is 0.168 e. The van der Waals surface area contributed by atoms with Crippen LogP contribution in [-0.4, -0.2) is 27.1 Å². The Labute approximate surface area is 87.6 Å². The van der Waals surface area contributed by atoms with Crippen LogP contribution in [0.4, 0.5) is 0 Å². The van der Waals surface area contributed by atoms with Crippen molar-refractivity contribution in [3.63, 3.8) is 0 Å². The fourth-order valence-corrected chi connectivity index (χ4v) is 3.10. The van der Waals surface area contributed by atoms with E-state index in [1.807, 2.05) is 19.1 Å². The summed E-state index contributed by atoms with van der Waals surface area (Å²) in [5.74, 6) is 0.161. The number of alkyl halides is 2. The van der Waals surface area contributed by atoms with Gasteiger partial charge in [-0.3, -0.25) is 4.79 Å². The molecular weight excluding hydrogens is 288 g/mol. The molecule has 2 rings (SSSR count). The molecule has 0 radical (unpaired) electrons. The zero-order valence-electron chi connectivity index (χ0n) is 6.46. The third kappa shape index (κ3) is 1.05. The highest BCUT2D eigenvalue weighted by Crippen LogP contribution is 2.40. The molecule has 0 spiro atoms. The fraction of sp³-hybridized carbons (Fsp3) is 0.625. The Balaban J connectivity index is 2.38. The molecule has 0 aromatic rings. The van der Waals surface area contributed by atoms with Gasteiger partial charge in [0.05, 0.1) is 12.2 Å². The molecule has 2 bridgehead atoms. The van der Waals surface area contributed by atoms with Gasteiger partial charge in [-0.25, -0.2) is 0 Å². The highest BCUT2D eigenvalue weighted by atomic mass is 79.9. The van der Waals surface area contributed by atoms with Gasteiger partial charge >= 0.3 is 0 Å². The molecule has 2 heterocycles. The topological polar surface area (TPSA) is 26.3 Å². The van der Waals surface area contributed by atoms with Gasteiger partial charge in [0.25, 0.3) is 0 Å². The molecule has 4 atom stereocenters. The smallest absolute Gasteiger partial charge is 0.168 e. The minimum absolute atomic E-state index is 0.0758. The molecule has 1 saturated heterocycles. The van der Waals surface area contributed by atoms with Gasteiger partial charge in [-0.05, 0) is 6.92 Å². The van der Waals surface area contributed by atoms with E-state index < -0.39 is 4.32 Å². The normalized spacial score (nSPS) is 51.6. The predicted octanol–water partition coefficient (Wildman–Crippen LogP) is 1.81. The largest absolute Gasteiger partial charge is 0.363 e. The number of hydrogen-bond acceptors (Lipinski definition) is 2. The first-order valence-corrected chi connectivity index (χ1v) is 5.45. The molecule has 0 aromatic heterocycles. The van der Waals surface area contributed by atoms with E-state index in [0.717, 1.165) is 0 Å². The van der Waals surface area contributed by atoms with Crippen molar-refractivity contribution in [2.45, 2.75) is 28.3 Å². The summed E-state index contributed by atoms with van der Waals surface area (Å²) in [5, 5.41) is 0. The lowest BCUT2D eigenvalue weighted by atomic mass is 9.95. The number of hydrogen-bond donors (Lipinski definition) is 0. The molecule has 2 nitrogen and oxygen atoms in total. The van der Waals surface area contributed by atoms with Crippen molar-refractivity contribution >= 4 is 37.6 Å². The van der Waals surface area contributed by atoms with E-state index in [1.165, 1.54) is 0 Å². The quantitative estimate of drug-likeness (QED) is 0.503. The van der Waals surface area contributed by atoms with Crippen LogP contribution >= 0.6 is 31.9 Å². The average Bonchev–Trinajstić information content (AvgIpc) is 2.46. The molecule has 2 aliphatic rings. The summed E-state index contributed by atoms with van der Waals surface area (Å²) >= 11 is 6.72. The highest BCUT2D eigenvalue weighted by molar-refractivity contribution is 9.11. The molecule has 66 valence electrons. The van der Waals surface area contributed by atoms with Gasteiger partial charge in [0.2, 0.25) is 0 Å². The van der Waals surface area contributed by atoms with Gasteiger partial charge in [-0.2, -0.15) is 0 Å². The third-order valence-corrected chi connectivity index (χ3v) is 4.11. The molecule has 2 aliphatic heterocycles. The molecule has 4 heteroatoms. The Morgan fingerprint density at radius 3 is 2.92 bits per heavy atom. The first-order chi connectivity index (χ1) is 5.53. The van der Waals surface area contributed by atoms with E-state index in [-0.39, 0.29) is 22.8 Å². The first kappa shape index (κ1) is 8.91. The van der Waals surface area contributed by atoms with Crippen molar-refractivity contribution < 1.29 is 9.53 Å². The van der Waals surface area contributed by atoms with Gasteiger partial charge < -0.3 is 4.74 Å². The van der Waals surface area contributed by atoms with E-state index in [1.54, 1.807) is 0 Å². The number of ketones is 1. The lowest BCUT2D eigenvalue weighted by molar-refractivity contribution is -0.130. The van der Waals surface area contributed by atoms with E-state index in [9.17, 15) is 4.79 Å². The van der Waals surface area contributed by atoms with Crippen molar-refractivity contribution in [3.05, 3.63) is 12.2 Å². The first-order valence-electron chi connectivity index (χ1n) is 3.74. The highest BCUT2D eigenvalue weighted by Gasteiger charge is 2.51. The van der Waals surface area contributed by atoms with Crippen LogP contribution in [0.15, 0.2) is 12.2 Å². The SMILES string of the molecule is C[C@@]1(Br)C(=O)[C@@H](Br)[C@@H]2C=C[C@H]1O2. The number of ether oxygens (including phenoxy) is 1. The molecule has 12 heavy (non-hydrogen) atoms. The zero-order valence-corrected chi connectivity index (χ0v) is 9.63. The minimum atomic E-state index is -0.565. The molecule has 0 saturated carbocycles. The van der Waals surface area contributed by atoms with Gasteiger partial charge in [0.15, 0.2) is 5.78 Å². The van der Waals surface area contributed by atoms with Crippen molar-refractivity contribution in [2.24, 2.45) is 0 Å². The van der Waals surface area contributed by atoms with E-state index in [0.29, 0.717) is 0 Å². The van der Waals surface area contributed by atoms with E-state index in [2.05, 4.69) is 31.9 Å². The van der Waals surface area contributed by atoms with Crippen LogP contribution in [0, 0.1) is 0 Å². The van der Waals surface area contributed by atoms with Crippen LogP contribution in [0.25, 0.3) is 0 Å². The Kier molecular flexibility index (Phi) is 1.97. The van der Waals surface area contributed by atoms with E-state index >= 15 is 0 Å². The summed E-state index contributed by atoms with van der Waals surface area (Å²) < 4.78 is 5.00. The summed E-state index contributed by atoms with van der Waals surface area (Å²) in [5.41, 5.74) is 0. The average molecular weight is 296 g/mol. The van der Waals surface area contributed by atoms with Gasteiger partial charge in [-0.15, -0.1) is 0 Å². The summed E-state index contributed by atoms with van der Waals surface area (Å²) in [7, 11) is 0. The summed E-state index contributed by atoms with van der Waals surface area (Å²) in [4.78, 5) is 11.5. The Hall–Kier alpha value is 0.330. The molecule has 0 aromatic carbocycles. The number of rotatable bonds is 0. The second-order valence-corrected chi connectivity index (χ2v) is 5.88. The number of Topliss-reactive ketones (excluding diaryl/α,β-unsaturated/α-hetero) is 1. The molecule has 0 amide bonds. The Morgan fingerprint density at radius 1 is 1.58 bits per heavy atom. The second kappa shape index (κ2) is 2.66. The summed E-state index contributed by atoms with van der Waals surface area (Å²) in [6, 6.07) is 0. The number of fused-ring (bicyclic) bond motifs is 2. The Morgan fingerprint density at radius 2 is 2.25 bits per heavy atom. The summed E-state index contributed by atoms with van der Waals surface area (Å²) in [6.07, 6.45) is 3.70. The van der Waals surface area contributed by atoms with Crippen LogP contribution < -0.4 is 0 Å². The van der Waals surface area contributed by atoms with Crippen molar-refractivity contribution in [3.8, 4) is 0 Å². The van der Waals surface area contributed by atoms with Crippen LogP contribution in [-0.2, 0) is 9.53 Å².